The van der Waals surface area contributed by atoms with E-state index >= 15 is 0 Å². The molecule has 0 heterocycles. The van der Waals surface area contributed by atoms with Crippen LogP contribution in [-0.4, -0.2) is 24.6 Å². The highest BCUT2D eigenvalue weighted by atomic mass is 16.5. The monoisotopic (exact) mass is 366 g/mol. The number of anilines is 1. The number of nitrogens with zero attached hydrogens (tertiary/aromatic N) is 1. The lowest BCUT2D eigenvalue weighted by molar-refractivity contribution is -0.153. The summed E-state index contributed by atoms with van der Waals surface area (Å²) in [6.45, 7) is 3.97. The van der Waals surface area contributed by atoms with Crippen molar-refractivity contribution in [2.24, 2.45) is 0 Å². The normalized spacial score (nSPS) is 11.1. The highest BCUT2D eigenvalue weighted by Crippen LogP contribution is 2.20. The maximum atomic E-state index is 12.1. The van der Waals surface area contributed by atoms with Gasteiger partial charge in [0.15, 0.2) is 6.10 Å². The zero-order valence-electron chi connectivity index (χ0n) is 15.4. The van der Waals surface area contributed by atoms with Crippen molar-refractivity contribution in [1.29, 1.82) is 5.26 Å². The van der Waals surface area contributed by atoms with E-state index in [0.717, 1.165) is 11.3 Å². The molecule has 0 unspecified atom stereocenters. The fourth-order valence-electron chi connectivity index (χ4n) is 2.43. The van der Waals surface area contributed by atoms with E-state index in [-0.39, 0.29) is 6.42 Å². The van der Waals surface area contributed by atoms with Gasteiger partial charge in [-0.25, -0.2) is 0 Å². The Bertz CT molecular complexity index is 825. The van der Waals surface area contributed by atoms with Gasteiger partial charge in [0, 0.05) is 12.1 Å². The van der Waals surface area contributed by atoms with Crippen LogP contribution in [0.25, 0.3) is 0 Å². The van der Waals surface area contributed by atoms with Crippen LogP contribution >= 0.6 is 0 Å². The summed E-state index contributed by atoms with van der Waals surface area (Å²) in [5.74, 6) is -0.133. The molecule has 27 heavy (non-hydrogen) atoms. The van der Waals surface area contributed by atoms with Crippen LogP contribution in [0.4, 0.5) is 5.69 Å². The van der Waals surface area contributed by atoms with Gasteiger partial charge < -0.3 is 14.8 Å². The maximum absolute atomic E-state index is 12.1. The zero-order chi connectivity index (χ0) is 19.6. The quantitative estimate of drug-likeness (QED) is 0.723. The van der Waals surface area contributed by atoms with Crippen molar-refractivity contribution in [1.82, 2.24) is 0 Å². The number of nitrogens with one attached hydrogen (secondary N) is 1. The third-order valence-electron chi connectivity index (χ3n) is 3.83. The second-order valence-electron chi connectivity index (χ2n) is 5.85. The summed E-state index contributed by atoms with van der Waals surface area (Å²) in [4.78, 5) is 24.2. The van der Waals surface area contributed by atoms with Crippen molar-refractivity contribution in [2.75, 3.05) is 11.9 Å². The summed E-state index contributed by atoms with van der Waals surface area (Å²) in [7, 11) is 0. The zero-order valence-corrected chi connectivity index (χ0v) is 15.4. The van der Waals surface area contributed by atoms with Crippen molar-refractivity contribution < 1.29 is 19.1 Å². The van der Waals surface area contributed by atoms with E-state index in [1.807, 2.05) is 37.3 Å². The van der Waals surface area contributed by atoms with E-state index in [0.29, 0.717) is 24.3 Å². The largest absolute Gasteiger partial charge is 0.494 e. The maximum Gasteiger partial charge on any atom is 0.306 e. The van der Waals surface area contributed by atoms with E-state index in [9.17, 15) is 9.59 Å². The topological polar surface area (TPSA) is 88.4 Å². The second kappa shape index (κ2) is 9.97. The van der Waals surface area contributed by atoms with Crippen LogP contribution < -0.4 is 10.1 Å². The average molecular weight is 366 g/mol. The lowest BCUT2D eigenvalue weighted by atomic mass is 10.1. The Morgan fingerprint density at radius 3 is 2.52 bits per heavy atom. The van der Waals surface area contributed by atoms with Crippen LogP contribution in [0.1, 0.15) is 31.4 Å². The summed E-state index contributed by atoms with van der Waals surface area (Å²) in [6.07, 6.45) is -0.298. The van der Waals surface area contributed by atoms with Crippen molar-refractivity contribution in [3.63, 3.8) is 0 Å². The predicted octanol–water partition coefficient (Wildman–Crippen LogP) is 3.46. The van der Waals surface area contributed by atoms with Gasteiger partial charge >= 0.3 is 5.97 Å². The molecule has 2 aromatic rings. The fourth-order valence-corrected chi connectivity index (χ4v) is 2.43. The molecule has 1 amide bonds. The first-order valence-electron chi connectivity index (χ1n) is 8.74. The van der Waals surface area contributed by atoms with Crippen molar-refractivity contribution >= 4 is 17.6 Å². The number of hydrogen-bond donors (Lipinski definition) is 1. The predicted molar refractivity (Wildman–Crippen MR) is 101 cm³/mol. The number of hydrogen-bond acceptors (Lipinski definition) is 5. The summed E-state index contributed by atoms with van der Waals surface area (Å²) < 4.78 is 10.7. The van der Waals surface area contributed by atoms with Gasteiger partial charge in [-0.3, -0.25) is 9.59 Å². The number of benzene rings is 2. The minimum Gasteiger partial charge on any atom is -0.494 e. The molecule has 0 aromatic heterocycles. The molecule has 0 aliphatic heterocycles. The SMILES string of the molecule is CCOc1ccccc1CCC(=O)O[C@@H](C)C(=O)Nc1ccc(C#N)cc1. The van der Waals surface area contributed by atoms with Gasteiger partial charge in [0.2, 0.25) is 0 Å². The van der Waals surface area contributed by atoms with Crippen LogP contribution in [0, 0.1) is 11.3 Å². The number of para-hydroxylation sites is 1. The summed E-state index contributed by atoms with van der Waals surface area (Å²) >= 11 is 0. The molecule has 6 nitrogen and oxygen atoms in total. The number of carbonyl (C=O) groups is 2. The minimum absolute atomic E-state index is 0.151. The lowest BCUT2D eigenvalue weighted by Gasteiger charge is -2.14. The lowest BCUT2D eigenvalue weighted by Crippen LogP contribution is -2.30. The first-order valence-corrected chi connectivity index (χ1v) is 8.74. The van der Waals surface area contributed by atoms with Crippen LogP contribution in [0.15, 0.2) is 48.5 Å². The van der Waals surface area contributed by atoms with Crippen LogP contribution in [0.3, 0.4) is 0 Å². The molecule has 0 spiro atoms. The highest BCUT2D eigenvalue weighted by Gasteiger charge is 2.18. The Morgan fingerprint density at radius 2 is 1.85 bits per heavy atom. The van der Waals surface area contributed by atoms with Gasteiger partial charge in [0.05, 0.1) is 18.2 Å². The second-order valence-corrected chi connectivity index (χ2v) is 5.85. The number of rotatable bonds is 8. The molecule has 140 valence electrons. The van der Waals surface area contributed by atoms with E-state index in [1.165, 1.54) is 6.92 Å². The molecule has 0 bridgehead atoms. The molecule has 6 heteroatoms. The number of amides is 1. The van der Waals surface area contributed by atoms with E-state index in [1.54, 1.807) is 24.3 Å². The van der Waals surface area contributed by atoms with Gasteiger partial charge in [-0.1, -0.05) is 18.2 Å². The molecule has 0 aliphatic carbocycles. The van der Waals surface area contributed by atoms with Gasteiger partial charge in [-0.05, 0) is 56.2 Å². The van der Waals surface area contributed by atoms with Gasteiger partial charge in [-0.15, -0.1) is 0 Å². The standard InChI is InChI=1S/C21H22N2O4/c1-3-26-19-7-5-4-6-17(19)10-13-20(24)27-15(2)21(25)23-18-11-8-16(14-22)9-12-18/h4-9,11-12,15H,3,10,13H2,1-2H3,(H,23,25)/t15-/m0/s1. The molecular formula is C21H22N2O4. The van der Waals surface area contributed by atoms with Crippen molar-refractivity contribution in [2.45, 2.75) is 32.8 Å². The number of esters is 1. The Balaban J connectivity index is 1.84. The van der Waals surface area contributed by atoms with Crippen molar-refractivity contribution in [3.8, 4) is 11.8 Å². The third kappa shape index (κ3) is 6.15. The molecular weight excluding hydrogens is 344 g/mol. The van der Waals surface area contributed by atoms with Crippen molar-refractivity contribution in [3.05, 3.63) is 59.7 Å². The highest BCUT2D eigenvalue weighted by molar-refractivity contribution is 5.95. The molecule has 0 fully saturated rings. The summed E-state index contributed by atoms with van der Waals surface area (Å²) in [6, 6.07) is 16.0. The Kier molecular flexibility index (Phi) is 7.38. The molecule has 0 saturated carbocycles. The summed E-state index contributed by atoms with van der Waals surface area (Å²) in [5.41, 5.74) is 1.96. The first kappa shape index (κ1) is 20.0. The fraction of sp³-hybridized carbons (Fsp3) is 0.286. The van der Waals surface area contributed by atoms with Gasteiger partial charge in [0.25, 0.3) is 5.91 Å². The van der Waals surface area contributed by atoms with E-state index in [4.69, 9.17) is 14.7 Å². The molecule has 0 saturated heterocycles. The first-order chi connectivity index (χ1) is 13.0. The molecule has 0 radical (unpaired) electrons. The Labute approximate surface area is 158 Å². The Hall–Kier alpha value is -3.33. The number of aryl methyl sites for hydroxylation is 1. The minimum atomic E-state index is -0.921. The number of carbonyl (C=O) groups excluding carboxylic acids is 2. The molecule has 1 N–H and O–H groups in total. The van der Waals surface area contributed by atoms with Crippen LogP contribution in [0.5, 0.6) is 5.75 Å². The molecule has 1 atom stereocenters. The Morgan fingerprint density at radius 1 is 1.15 bits per heavy atom. The molecule has 2 rings (SSSR count). The van der Waals surface area contributed by atoms with Crippen LogP contribution in [0.2, 0.25) is 0 Å². The van der Waals surface area contributed by atoms with Gasteiger partial charge in [0.1, 0.15) is 5.75 Å². The van der Waals surface area contributed by atoms with Crippen LogP contribution in [-0.2, 0) is 20.7 Å². The number of ether oxygens (including phenoxy) is 2. The van der Waals surface area contributed by atoms with E-state index in [2.05, 4.69) is 5.32 Å². The number of nitriles is 1. The average Bonchev–Trinajstić information content (AvgIpc) is 2.68. The molecule has 2 aromatic carbocycles. The summed E-state index contributed by atoms with van der Waals surface area (Å²) in [5, 5.41) is 11.4. The smallest absolute Gasteiger partial charge is 0.306 e. The van der Waals surface area contributed by atoms with Gasteiger partial charge in [-0.2, -0.15) is 5.26 Å². The van der Waals surface area contributed by atoms with E-state index < -0.39 is 18.0 Å². The molecule has 0 aliphatic rings. The third-order valence-corrected chi connectivity index (χ3v) is 3.83.